The maximum Gasteiger partial charge on any atom is 0.233 e. The molecule has 0 bridgehead atoms. The molecule has 0 aliphatic carbocycles. The summed E-state index contributed by atoms with van der Waals surface area (Å²) < 4.78 is 36.7. The summed E-state index contributed by atoms with van der Waals surface area (Å²) in [4.78, 5) is 14.7. The van der Waals surface area contributed by atoms with E-state index in [2.05, 4.69) is 10.2 Å². The highest BCUT2D eigenvalue weighted by atomic mass is 32.2. The van der Waals surface area contributed by atoms with Gasteiger partial charge in [-0.2, -0.15) is 0 Å². The number of aromatic nitrogens is 3. The first kappa shape index (κ1) is 23.7. The van der Waals surface area contributed by atoms with E-state index in [1.807, 2.05) is 60.0 Å². The van der Waals surface area contributed by atoms with Gasteiger partial charge in [-0.05, 0) is 31.0 Å². The fourth-order valence-corrected chi connectivity index (χ4v) is 6.98. The first-order valence-corrected chi connectivity index (χ1v) is 14.2. The zero-order chi connectivity index (χ0) is 24.4. The van der Waals surface area contributed by atoms with Crippen LogP contribution in [0.25, 0.3) is 11.4 Å². The summed E-state index contributed by atoms with van der Waals surface area (Å²) in [6.07, 6.45) is 0.491. The summed E-state index contributed by atoms with van der Waals surface area (Å²) in [5.74, 6) is 2.35. The monoisotopic (exact) mass is 514 g/mol. The van der Waals surface area contributed by atoms with Crippen LogP contribution in [0, 0.1) is 0 Å². The van der Waals surface area contributed by atoms with Gasteiger partial charge in [-0.25, -0.2) is 8.42 Å². The second-order valence-electron chi connectivity index (χ2n) is 8.47. The molecule has 0 N–H and O–H groups in total. The molecule has 184 valence electrons. The maximum atomic E-state index is 13.0. The van der Waals surface area contributed by atoms with E-state index < -0.39 is 9.84 Å². The summed E-state index contributed by atoms with van der Waals surface area (Å²) >= 11 is 1.31. The van der Waals surface area contributed by atoms with Gasteiger partial charge in [0.1, 0.15) is 0 Å². The van der Waals surface area contributed by atoms with Crippen LogP contribution in [0.3, 0.4) is 0 Å². The zero-order valence-electron chi connectivity index (χ0n) is 19.3. The van der Waals surface area contributed by atoms with Crippen LogP contribution in [0.1, 0.15) is 18.9 Å². The average molecular weight is 515 g/mol. The van der Waals surface area contributed by atoms with Crippen LogP contribution in [0.5, 0.6) is 11.5 Å². The van der Waals surface area contributed by atoms with Gasteiger partial charge in [-0.3, -0.25) is 9.36 Å². The number of amides is 1. The Bertz CT molecular complexity index is 1330. The standard InChI is InChI=1S/C24H26N4O5S2/c1-2-27(19-10-11-35(30,31)15-19)22(29)14-34-24-26-25-23(18-6-4-3-5-7-18)28(24)13-17-8-9-20-21(12-17)33-16-32-20/h3-9,12,19H,2,10-11,13-16H2,1H3/t19-/m1/s1. The molecule has 3 heterocycles. The van der Waals surface area contributed by atoms with Crippen LogP contribution in [-0.4, -0.2) is 70.6 Å². The van der Waals surface area contributed by atoms with Gasteiger partial charge in [0.05, 0.1) is 23.8 Å². The highest BCUT2D eigenvalue weighted by Crippen LogP contribution is 2.34. The third-order valence-corrected chi connectivity index (χ3v) is 8.86. The van der Waals surface area contributed by atoms with Gasteiger partial charge in [-0.1, -0.05) is 48.2 Å². The average Bonchev–Trinajstić information content (AvgIpc) is 3.57. The van der Waals surface area contributed by atoms with Gasteiger partial charge in [0.2, 0.25) is 12.7 Å². The van der Waals surface area contributed by atoms with Crippen molar-refractivity contribution in [3.8, 4) is 22.9 Å². The Balaban J connectivity index is 1.37. The Morgan fingerprint density at radius 3 is 2.69 bits per heavy atom. The Hall–Kier alpha value is -3.05. The fraction of sp³-hybridized carbons (Fsp3) is 0.375. The molecule has 11 heteroatoms. The molecule has 2 aromatic carbocycles. The number of hydrogen-bond donors (Lipinski definition) is 0. The van der Waals surface area contributed by atoms with Gasteiger partial charge in [0, 0.05) is 18.2 Å². The molecular weight excluding hydrogens is 488 g/mol. The summed E-state index contributed by atoms with van der Waals surface area (Å²) in [5.41, 5.74) is 1.91. The SMILES string of the molecule is CCN(C(=O)CSc1nnc(-c2ccccc2)n1Cc1ccc2c(c1)OCO2)[C@@H]1CCS(=O)(=O)C1. The maximum absolute atomic E-state index is 13.0. The van der Waals surface area contributed by atoms with Crippen LogP contribution in [0.4, 0.5) is 0 Å². The number of ether oxygens (including phenoxy) is 2. The van der Waals surface area contributed by atoms with E-state index in [1.165, 1.54) is 11.8 Å². The van der Waals surface area contributed by atoms with Crippen molar-refractivity contribution in [2.75, 3.05) is 30.6 Å². The molecule has 2 aliphatic heterocycles. The van der Waals surface area contributed by atoms with Crippen molar-refractivity contribution in [1.82, 2.24) is 19.7 Å². The second-order valence-corrected chi connectivity index (χ2v) is 11.6. The molecule has 0 saturated carbocycles. The fourth-order valence-electron chi connectivity index (χ4n) is 4.43. The molecule has 2 aliphatic rings. The lowest BCUT2D eigenvalue weighted by Crippen LogP contribution is -2.42. The predicted molar refractivity (Wildman–Crippen MR) is 132 cm³/mol. The predicted octanol–water partition coefficient (Wildman–Crippen LogP) is 2.85. The Morgan fingerprint density at radius 1 is 1.14 bits per heavy atom. The highest BCUT2D eigenvalue weighted by molar-refractivity contribution is 7.99. The lowest BCUT2D eigenvalue weighted by atomic mass is 10.2. The molecule has 35 heavy (non-hydrogen) atoms. The van der Waals surface area contributed by atoms with Crippen LogP contribution < -0.4 is 9.47 Å². The number of rotatable bonds is 8. The largest absolute Gasteiger partial charge is 0.454 e. The molecule has 0 radical (unpaired) electrons. The number of sulfone groups is 1. The van der Waals surface area contributed by atoms with Crippen molar-refractivity contribution < 1.29 is 22.7 Å². The minimum absolute atomic E-state index is 0.0374. The highest BCUT2D eigenvalue weighted by Gasteiger charge is 2.34. The Morgan fingerprint density at radius 2 is 1.94 bits per heavy atom. The van der Waals surface area contributed by atoms with E-state index in [1.54, 1.807) is 4.90 Å². The number of carbonyl (C=O) groups excluding carboxylic acids is 1. The van der Waals surface area contributed by atoms with Crippen molar-refractivity contribution in [1.29, 1.82) is 0 Å². The van der Waals surface area contributed by atoms with Crippen molar-refractivity contribution in [3.63, 3.8) is 0 Å². The summed E-state index contributed by atoms with van der Waals surface area (Å²) in [6.45, 7) is 3.05. The van der Waals surface area contributed by atoms with E-state index in [4.69, 9.17) is 9.47 Å². The van der Waals surface area contributed by atoms with E-state index in [-0.39, 0.29) is 36.0 Å². The molecular formula is C24H26N4O5S2. The smallest absolute Gasteiger partial charge is 0.233 e. The van der Waals surface area contributed by atoms with Gasteiger partial charge in [0.25, 0.3) is 0 Å². The number of fused-ring (bicyclic) bond motifs is 1. The van der Waals surface area contributed by atoms with Gasteiger partial charge < -0.3 is 14.4 Å². The summed E-state index contributed by atoms with van der Waals surface area (Å²) in [5, 5.41) is 9.43. The van der Waals surface area contributed by atoms with Gasteiger partial charge in [0.15, 0.2) is 32.3 Å². The first-order chi connectivity index (χ1) is 16.9. The van der Waals surface area contributed by atoms with Crippen molar-refractivity contribution in [3.05, 3.63) is 54.1 Å². The lowest BCUT2D eigenvalue weighted by Gasteiger charge is -2.26. The van der Waals surface area contributed by atoms with Crippen LogP contribution >= 0.6 is 11.8 Å². The Labute approximate surface area is 208 Å². The summed E-state index contributed by atoms with van der Waals surface area (Å²) in [6, 6.07) is 15.3. The second kappa shape index (κ2) is 9.90. The molecule has 5 rings (SSSR count). The topological polar surface area (TPSA) is 104 Å². The number of carbonyl (C=O) groups is 1. The summed E-state index contributed by atoms with van der Waals surface area (Å²) in [7, 11) is -3.07. The van der Waals surface area contributed by atoms with Crippen molar-refractivity contribution in [2.24, 2.45) is 0 Å². The van der Waals surface area contributed by atoms with E-state index in [0.717, 1.165) is 16.9 Å². The number of benzene rings is 2. The van der Waals surface area contributed by atoms with E-state index in [0.29, 0.717) is 36.2 Å². The van der Waals surface area contributed by atoms with E-state index in [9.17, 15) is 13.2 Å². The van der Waals surface area contributed by atoms with Crippen LogP contribution in [0.15, 0.2) is 53.7 Å². The molecule has 1 aromatic heterocycles. The van der Waals surface area contributed by atoms with Crippen molar-refractivity contribution >= 4 is 27.5 Å². The van der Waals surface area contributed by atoms with E-state index >= 15 is 0 Å². The first-order valence-electron chi connectivity index (χ1n) is 11.4. The quantitative estimate of drug-likeness (QED) is 0.423. The molecule has 1 saturated heterocycles. The third-order valence-electron chi connectivity index (χ3n) is 6.16. The normalized spacial score (nSPS) is 18.0. The number of hydrogen-bond acceptors (Lipinski definition) is 8. The molecule has 1 fully saturated rings. The van der Waals surface area contributed by atoms with Crippen LogP contribution in [-0.2, 0) is 21.2 Å². The van der Waals surface area contributed by atoms with Gasteiger partial charge in [-0.15, -0.1) is 10.2 Å². The molecule has 3 aromatic rings. The number of thioether (sulfide) groups is 1. The van der Waals surface area contributed by atoms with Gasteiger partial charge >= 0.3 is 0 Å². The molecule has 0 unspecified atom stereocenters. The molecule has 1 amide bonds. The zero-order valence-corrected chi connectivity index (χ0v) is 20.9. The third kappa shape index (κ3) is 5.15. The molecule has 0 spiro atoms. The Kier molecular flexibility index (Phi) is 6.70. The molecule has 1 atom stereocenters. The minimum atomic E-state index is -3.07. The number of nitrogens with zero attached hydrogens (tertiary/aromatic N) is 4. The lowest BCUT2D eigenvalue weighted by molar-refractivity contribution is -0.129. The minimum Gasteiger partial charge on any atom is -0.454 e. The van der Waals surface area contributed by atoms with Crippen molar-refractivity contribution in [2.45, 2.75) is 31.1 Å². The molecule has 9 nitrogen and oxygen atoms in total. The van der Waals surface area contributed by atoms with Crippen LogP contribution in [0.2, 0.25) is 0 Å².